The van der Waals surface area contributed by atoms with Gasteiger partial charge < -0.3 is 10.2 Å². The Morgan fingerprint density at radius 3 is 2.52 bits per heavy atom. The average molecular weight is 438 g/mol. The number of nitrogens with one attached hydrogen (secondary N) is 1. The molecule has 2 heterocycles. The van der Waals surface area contributed by atoms with Gasteiger partial charge in [-0.3, -0.25) is 14.5 Å². The van der Waals surface area contributed by atoms with Crippen LogP contribution in [0.15, 0.2) is 67.0 Å². The molecule has 0 radical (unpaired) electrons. The highest BCUT2D eigenvalue weighted by Gasteiger charge is 2.24. The monoisotopic (exact) mass is 437 g/mol. The lowest BCUT2D eigenvalue weighted by Gasteiger charge is -2.34. The first kappa shape index (κ1) is 21.1. The molecule has 31 heavy (non-hydrogen) atoms. The lowest BCUT2D eigenvalue weighted by molar-refractivity contribution is -0.122. The van der Waals surface area contributed by atoms with E-state index in [2.05, 4.69) is 15.3 Å². The lowest BCUT2D eigenvalue weighted by atomic mass is 10.2. The predicted molar refractivity (Wildman–Crippen MR) is 119 cm³/mol. The van der Waals surface area contributed by atoms with E-state index < -0.39 is 0 Å². The third kappa shape index (κ3) is 5.51. The van der Waals surface area contributed by atoms with Crippen LogP contribution >= 0.6 is 11.6 Å². The van der Waals surface area contributed by atoms with Crippen LogP contribution in [0.2, 0.25) is 5.02 Å². The maximum Gasteiger partial charge on any atom is 0.257 e. The van der Waals surface area contributed by atoms with Gasteiger partial charge in [-0.2, -0.15) is 5.10 Å². The van der Waals surface area contributed by atoms with Crippen molar-refractivity contribution in [2.24, 2.45) is 0 Å². The predicted octanol–water partition coefficient (Wildman–Crippen LogP) is 2.60. The number of amides is 2. The first-order valence-corrected chi connectivity index (χ1v) is 10.6. The van der Waals surface area contributed by atoms with Crippen LogP contribution in [0.5, 0.6) is 0 Å². The van der Waals surface area contributed by atoms with E-state index in [0.29, 0.717) is 49.9 Å². The molecule has 0 atom stereocenters. The zero-order chi connectivity index (χ0) is 21.6. The van der Waals surface area contributed by atoms with Gasteiger partial charge in [0, 0.05) is 43.9 Å². The zero-order valence-corrected chi connectivity index (χ0v) is 17.8. The Kier molecular flexibility index (Phi) is 6.64. The molecule has 1 N–H and O–H groups in total. The van der Waals surface area contributed by atoms with Gasteiger partial charge in [-0.1, -0.05) is 48.0 Å². The second-order valence-electron chi connectivity index (χ2n) is 7.48. The summed E-state index contributed by atoms with van der Waals surface area (Å²) in [6, 6.07) is 17.1. The van der Waals surface area contributed by atoms with Crippen LogP contribution in [0.25, 0.3) is 5.69 Å². The van der Waals surface area contributed by atoms with Crippen molar-refractivity contribution in [3.05, 3.63) is 83.1 Å². The number of rotatable bonds is 6. The van der Waals surface area contributed by atoms with Crippen LogP contribution in [0.4, 0.5) is 0 Å². The highest BCUT2D eigenvalue weighted by molar-refractivity contribution is 6.30. The Morgan fingerprint density at radius 1 is 1.00 bits per heavy atom. The smallest absolute Gasteiger partial charge is 0.257 e. The summed E-state index contributed by atoms with van der Waals surface area (Å²) in [5.41, 5.74) is 2.41. The summed E-state index contributed by atoms with van der Waals surface area (Å²) in [7, 11) is 0. The van der Waals surface area contributed by atoms with Crippen LogP contribution in [0.3, 0.4) is 0 Å². The van der Waals surface area contributed by atoms with Gasteiger partial charge in [-0.15, -0.1) is 0 Å². The van der Waals surface area contributed by atoms with Crippen molar-refractivity contribution in [1.29, 1.82) is 0 Å². The summed E-state index contributed by atoms with van der Waals surface area (Å²) in [5.74, 6) is -0.0621. The molecule has 0 spiro atoms. The number of aromatic nitrogens is 2. The number of carbonyl (C=O) groups is 2. The van der Waals surface area contributed by atoms with Crippen molar-refractivity contribution in [2.45, 2.75) is 6.54 Å². The molecule has 8 heteroatoms. The number of hydrogen-bond acceptors (Lipinski definition) is 4. The van der Waals surface area contributed by atoms with Crippen molar-refractivity contribution in [1.82, 2.24) is 24.9 Å². The van der Waals surface area contributed by atoms with E-state index in [1.807, 2.05) is 42.5 Å². The maximum atomic E-state index is 12.8. The van der Waals surface area contributed by atoms with Crippen molar-refractivity contribution in [3.63, 3.8) is 0 Å². The standard InChI is InChI=1S/C23H24ClN5O2/c24-20-7-4-8-21(13-20)29-16-19(15-26-29)23(31)28-11-9-27(10-12-28)17-22(30)25-14-18-5-2-1-3-6-18/h1-8,13,15-16H,9-12,14,17H2,(H,25,30). The highest BCUT2D eigenvalue weighted by atomic mass is 35.5. The minimum absolute atomic E-state index is 0.00794. The first-order chi connectivity index (χ1) is 15.1. The second kappa shape index (κ2) is 9.76. The molecule has 0 aliphatic carbocycles. The maximum absolute atomic E-state index is 12.8. The first-order valence-electron chi connectivity index (χ1n) is 10.2. The summed E-state index contributed by atoms with van der Waals surface area (Å²) in [5, 5.41) is 7.85. The molecule has 1 aliphatic heterocycles. The van der Waals surface area contributed by atoms with Crippen LogP contribution in [-0.2, 0) is 11.3 Å². The van der Waals surface area contributed by atoms with Gasteiger partial charge in [0.25, 0.3) is 5.91 Å². The van der Waals surface area contributed by atoms with Gasteiger partial charge >= 0.3 is 0 Å². The molecule has 2 amide bonds. The fraction of sp³-hybridized carbons (Fsp3) is 0.261. The Hall–Kier alpha value is -3.16. The van der Waals surface area contributed by atoms with Gasteiger partial charge in [-0.25, -0.2) is 4.68 Å². The van der Waals surface area contributed by atoms with Gasteiger partial charge in [-0.05, 0) is 23.8 Å². The molecule has 1 saturated heterocycles. The number of benzene rings is 2. The third-order valence-electron chi connectivity index (χ3n) is 5.26. The Bertz CT molecular complexity index is 1040. The quantitative estimate of drug-likeness (QED) is 0.643. The Labute approximate surface area is 186 Å². The van der Waals surface area contributed by atoms with E-state index in [-0.39, 0.29) is 11.8 Å². The number of nitrogens with zero attached hydrogens (tertiary/aromatic N) is 4. The summed E-state index contributed by atoms with van der Waals surface area (Å²) in [4.78, 5) is 28.9. The van der Waals surface area contributed by atoms with E-state index >= 15 is 0 Å². The van der Waals surface area contributed by atoms with Crippen molar-refractivity contribution in [2.75, 3.05) is 32.7 Å². The second-order valence-corrected chi connectivity index (χ2v) is 7.92. The zero-order valence-electron chi connectivity index (χ0n) is 17.1. The molecule has 2 aromatic carbocycles. The SMILES string of the molecule is O=C(CN1CCN(C(=O)c2cnn(-c3cccc(Cl)c3)c2)CC1)NCc1ccccc1. The van der Waals surface area contributed by atoms with E-state index in [1.54, 1.807) is 34.1 Å². The summed E-state index contributed by atoms with van der Waals surface area (Å²) < 4.78 is 1.65. The molecule has 0 unspecified atom stereocenters. The Balaban J connectivity index is 1.26. The molecule has 3 aromatic rings. The number of carbonyl (C=O) groups excluding carboxylic acids is 2. The van der Waals surface area contributed by atoms with E-state index in [1.165, 1.54) is 0 Å². The van der Waals surface area contributed by atoms with Crippen molar-refractivity contribution < 1.29 is 9.59 Å². The molecular weight excluding hydrogens is 414 g/mol. The van der Waals surface area contributed by atoms with Gasteiger partial charge in [0.2, 0.25) is 5.91 Å². The fourth-order valence-corrected chi connectivity index (χ4v) is 3.72. The Morgan fingerprint density at radius 2 is 1.77 bits per heavy atom. The molecule has 0 saturated carbocycles. The van der Waals surface area contributed by atoms with Crippen LogP contribution < -0.4 is 5.32 Å². The van der Waals surface area contributed by atoms with Crippen molar-refractivity contribution >= 4 is 23.4 Å². The normalized spacial score (nSPS) is 14.4. The molecular formula is C23H24ClN5O2. The van der Waals surface area contributed by atoms with Gasteiger partial charge in [0.05, 0.1) is 24.0 Å². The molecule has 4 rings (SSSR count). The highest BCUT2D eigenvalue weighted by Crippen LogP contribution is 2.16. The van der Waals surface area contributed by atoms with Gasteiger partial charge in [0.15, 0.2) is 0 Å². The number of hydrogen-bond donors (Lipinski definition) is 1. The van der Waals surface area contributed by atoms with E-state index in [0.717, 1.165) is 11.3 Å². The van der Waals surface area contributed by atoms with Crippen LogP contribution in [0, 0.1) is 0 Å². The summed E-state index contributed by atoms with van der Waals surface area (Å²) >= 11 is 6.04. The molecule has 0 bridgehead atoms. The molecule has 7 nitrogen and oxygen atoms in total. The lowest BCUT2D eigenvalue weighted by Crippen LogP contribution is -2.51. The van der Waals surface area contributed by atoms with Crippen molar-refractivity contribution in [3.8, 4) is 5.69 Å². The summed E-state index contributed by atoms with van der Waals surface area (Å²) in [6.07, 6.45) is 3.30. The van der Waals surface area contributed by atoms with Crippen LogP contribution in [0.1, 0.15) is 15.9 Å². The average Bonchev–Trinajstić information content (AvgIpc) is 3.29. The molecule has 1 fully saturated rings. The minimum atomic E-state index is -0.0542. The largest absolute Gasteiger partial charge is 0.351 e. The number of piperazine rings is 1. The van der Waals surface area contributed by atoms with E-state index in [9.17, 15) is 9.59 Å². The minimum Gasteiger partial charge on any atom is -0.351 e. The summed E-state index contributed by atoms with van der Waals surface area (Å²) in [6.45, 7) is 3.33. The van der Waals surface area contributed by atoms with E-state index in [4.69, 9.17) is 11.6 Å². The fourth-order valence-electron chi connectivity index (χ4n) is 3.54. The number of halogens is 1. The molecule has 1 aromatic heterocycles. The topological polar surface area (TPSA) is 70.5 Å². The molecule has 160 valence electrons. The molecule has 1 aliphatic rings. The third-order valence-corrected chi connectivity index (χ3v) is 5.50. The van der Waals surface area contributed by atoms with Crippen LogP contribution in [-0.4, -0.2) is 64.1 Å². The van der Waals surface area contributed by atoms with Gasteiger partial charge in [0.1, 0.15) is 0 Å².